The van der Waals surface area contributed by atoms with Crippen LogP contribution in [0, 0.1) is 5.82 Å². The lowest BCUT2D eigenvalue weighted by molar-refractivity contribution is 0.0204. The molecular weight excluding hydrogens is 363 g/mol. The molecule has 1 fully saturated rings. The van der Waals surface area contributed by atoms with Crippen LogP contribution in [0.1, 0.15) is 45.2 Å². The molecule has 0 spiro atoms. The predicted molar refractivity (Wildman–Crippen MR) is 103 cm³/mol. The van der Waals surface area contributed by atoms with E-state index in [9.17, 15) is 14.0 Å². The molecule has 0 atom stereocenters. The zero-order chi connectivity index (χ0) is 20.1. The zero-order valence-corrected chi connectivity index (χ0v) is 16.2. The summed E-state index contributed by atoms with van der Waals surface area (Å²) in [5.74, 6) is -0.340. The number of carbonyl (C=O) groups excluding carboxylic acids is 1. The summed E-state index contributed by atoms with van der Waals surface area (Å²) in [6.07, 6.45) is 1.07. The predicted octanol–water partition coefficient (Wildman–Crippen LogP) is 3.43. The zero-order valence-electron chi connectivity index (χ0n) is 16.2. The second-order valence-corrected chi connectivity index (χ2v) is 8.20. The van der Waals surface area contributed by atoms with E-state index in [1.165, 1.54) is 16.6 Å². The van der Waals surface area contributed by atoms with E-state index >= 15 is 0 Å². The summed E-state index contributed by atoms with van der Waals surface area (Å²) >= 11 is 0. The van der Waals surface area contributed by atoms with Crippen LogP contribution in [-0.4, -0.2) is 44.3 Å². The lowest BCUT2D eigenvalue weighted by Gasteiger charge is -2.33. The molecule has 1 aliphatic heterocycles. The molecule has 2 aromatic heterocycles. The summed E-state index contributed by atoms with van der Waals surface area (Å²) in [4.78, 5) is 29.6. The van der Waals surface area contributed by atoms with Crippen LogP contribution in [0.3, 0.4) is 0 Å². The van der Waals surface area contributed by atoms with Gasteiger partial charge in [0.15, 0.2) is 0 Å². The van der Waals surface area contributed by atoms with Gasteiger partial charge in [-0.2, -0.15) is 9.61 Å². The Morgan fingerprint density at radius 3 is 2.68 bits per heavy atom. The molecule has 4 rings (SSSR count). The van der Waals surface area contributed by atoms with Crippen molar-refractivity contribution in [3.05, 3.63) is 46.1 Å². The van der Waals surface area contributed by atoms with Gasteiger partial charge < -0.3 is 14.6 Å². The topological polar surface area (TPSA) is 79.7 Å². The number of hydrogen-bond acceptors (Lipinski definition) is 4. The summed E-state index contributed by atoms with van der Waals surface area (Å²) < 4.78 is 20.9. The molecule has 148 valence electrons. The number of H-pyrrole nitrogens is 1. The molecule has 1 amide bonds. The summed E-state index contributed by atoms with van der Waals surface area (Å²) in [6, 6.07) is 6.12. The van der Waals surface area contributed by atoms with Crippen LogP contribution in [0.25, 0.3) is 16.6 Å². The maximum absolute atomic E-state index is 14.3. The minimum Gasteiger partial charge on any atom is -0.444 e. The standard InChI is InChI=1S/C20H23FN4O3/c1-20(2,3)28-19(27)24-9-7-12(8-10-24)15-11-16(26)25-18(22-15)17-13(21)5-4-6-14(17)23-25/h4-6,11-12,22H,7-10H2,1-3H3. The maximum atomic E-state index is 14.3. The highest BCUT2D eigenvalue weighted by Crippen LogP contribution is 2.28. The second-order valence-electron chi connectivity index (χ2n) is 8.20. The minimum atomic E-state index is -0.530. The molecule has 28 heavy (non-hydrogen) atoms. The Labute approximate surface area is 161 Å². The maximum Gasteiger partial charge on any atom is 0.410 e. The molecule has 3 heterocycles. The van der Waals surface area contributed by atoms with Gasteiger partial charge in [0, 0.05) is 30.8 Å². The molecule has 0 saturated carbocycles. The lowest BCUT2D eigenvalue weighted by Crippen LogP contribution is -2.41. The Morgan fingerprint density at radius 2 is 2.00 bits per heavy atom. The van der Waals surface area contributed by atoms with Crippen molar-refractivity contribution in [3.63, 3.8) is 0 Å². The van der Waals surface area contributed by atoms with Crippen LogP contribution in [0.4, 0.5) is 9.18 Å². The quantitative estimate of drug-likeness (QED) is 0.695. The van der Waals surface area contributed by atoms with E-state index in [1.54, 1.807) is 17.0 Å². The van der Waals surface area contributed by atoms with E-state index in [1.807, 2.05) is 20.8 Å². The van der Waals surface area contributed by atoms with E-state index in [4.69, 9.17) is 4.74 Å². The van der Waals surface area contributed by atoms with E-state index < -0.39 is 11.4 Å². The van der Waals surface area contributed by atoms with Gasteiger partial charge in [-0.25, -0.2) is 9.18 Å². The summed E-state index contributed by atoms with van der Waals surface area (Å²) in [5, 5.41) is 4.51. The molecule has 0 unspecified atom stereocenters. The highest BCUT2D eigenvalue weighted by molar-refractivity contribution is 5.92. The summed E-state index contributed by atoms with van der Waals surface area (Å²) in [6.45, 7) is 6.61. The number of carbonyl (C=O) groups is 1. The van der Waals surface area contributed by atoms with Gasteiger partial charge in [-0.15, -0.1) is 0 Å². The lowest BCUT2D eigenvalue weighted by atomic mass is 9.93. The Bertz CT molecular complexity index is 1100. The Balaban J connectivity index is 1.60. The van der Waals surface area contributed by atoms with Crippen molar-refractivity contribution in [2.45, 2.75) is 45.1 Å². The van der Waals surface area contributed by atoms with E-state index in [2.05, 4.69) is 10.1 Å². The molecule has 1 N–H and O–H groups in total. The number of amides is 1. The average Bonchev–Trinajstić information content (AvgIpc) is 3.01. The first kappa shape index (κ1) is 18.5. The number of rotatable bonds is 1. The molecule has 1 aliphatic rings. The van der Waals surface area contributed by atoms with Crippen molar-refractivity contribution in [2.24, 2.45) is 0 Å². The Kier molecular flexibility index (Phi) is 4.36. The van der Waals surface area contributed by atoms with Gasteiger partial charge in [-0.1, -0.05) is 6.07 Å². The fraction of sp³-hybridized carbons (Fsp3) is 0.450. The van der Waals surface area contributed by atoms with E-state index in [0.717, 1.165) is 5.69 Å². The molecular formula is C20H23FN4O3. The number of ether oxygens (including phenoxy) is 1. The fourth-order valence-electron chi connectivity index (χ4n) is 3.66. The SMILES string of the molecule is CC(C)(C)OC(=O)N1CCC(c2cc(=O)n3nc4cccc(F)c4c3[nH]2)CC1. The minimum absolute atomic E-state index is 0.0770. The monoisotopic (exact) mass is 386 g/mol. The second kappa shape index (κ2) is 6.61. The van der Waals surface area contributed by atoms with Crippen LogP contribution in [0.2, 0.25) is 0 Å². The summed E-state index contributed by atoms with van der Waals surface area (Å²) in [5.41, 5.74) is 0.716. The molecule has 7 nitrogen and oxygen atoms in total. The first-order valence-corrected chi connectivity index (χ1v) is 9.41. The molecule has 0 radical (unpaired) electrons. The van der Waals surface area contributed by atoms with E-state index in [0.29, 0.717) is 42.5 Å². The number of fused-ring (bicyclic) bond motifs is 3. The number of nitrogens with zero attached hydrogens (tertiary/aromatic N) is 3. The first-order valence-electron chi connectivity index (χ1n) is 9.41. The number of nitrogens with one attached hydrogen (secondary N) is 1. The van der Waals surface area contributed by atoms with E-state index in [-0.39, 0.29) is 17.6 Å². The van der Waals surface area contributed by atoms with Gasteiger partial charge in [-0.05, 0) is 45.7 Å². The number of piperidine rings is 1. The molecule has 1 aromatic carbocycles. The van der Waals surface area contributed by atoms with Crippen molar-refractivity contribution < 1.29 is 13.9 Å². The van der Waals surface area contributed by atoms with Crippen molar-refractivity contribution in [1.29, 1.82) is 0 Å². The summed E-state index contributed by atoms with van der Waals surface area (Å²) in [7, 11) is 0. The smallest absolute Gasteiger partial charge is 0.410 e. The van der Waals surface area contributed by atoms with Gasteiger partial charge in [0.1, 0.15) is 17.1 Å². The van der Waals surface area contributed by atoms with Crippen LogP contribution in [0.15, 0.2) is 29.1 Å². The molecule has 0 aliphatic carbocycles. The third-order valence-electron chi connectivity index (χ3n) is 4.98. The number of likely N-dealkylation sites (tertiary alicyclic amines) is 1. The third kappa shape index (κ3) is 3.34. The van der Waals surface area contributed by atoms with Crippen molar-refractivity contribution in [1.82, 2.24) is 19.5 Å². The number of aromatic amines is 1. The van der Waals surface area contributed by atoms with Crippen LogP contribution < -0.4 is 5.56 Å². The van der Waals surface area contributed by atoms with Crippen molar-refractivity contribution >= 4 is 22.6 Å². The number of hydrogen-bond donors (Lipinski definition) is 1. The van der Waals surface area contributed by atoms with Gasteiger partial charge >= 0.3 is 6.09 Å². The van der Waals surface area contributed by atoms with Gasteiger partial charge in [0.25, 0.3) is 5.56 Å². The fourth-order valence-corrected chi connectivity index (χ4v) is 3.66. The molecule has 1 saturated heterocycles. The Morgan fingerprint density at radius 1 is 1.29 bits per heavy atom. The largest absolute Gasteiger partial charge is 0.444 e. The first-order chi connectivity index (χ1) is 13.2. The average molecular weight is 386 g/mol. The molecule has 8 heteroatoms. The van der Waals surface area contributed by atoms with Crippen LogP contribution in [-0.2, 0) is 4.74 Å². The normalized spacial score (nSPS) is 16.1. The highest BCUT2D eigenvalue weighted by Gasteiger charge is 2.28. The number of halogens is 1. The Hall–Kier alpha value is -2.90. The highest BCUT2D eigenvalue weighted by atomic mass is 19.1. The number of benzene rings is 1. The van der Waals surface area contributed by atoms with Crippen LogP contribution >= 0.6 is 0 Å². The molecule has 3 aromatic rings. The van der Waals surface area contributed by atoms with Gasteiger partial charge in [0.2, 0.25) is 0 Å². The van der Waals surface area contributed by atoms with Gasteiger partial charge in [0.05, 0.1) is 10.9 Å². The molecule has 0 bridgehead atoms. The van der Waals surface area contributed by atoms with Gasteiger partial charge in [-0.3, -0.25) is 4.79 Å². The number of aromatic nitrogens is 3. The van der Waals surface area contributed by atoms with Crippen LogP contribution in [0.5, 0.6) is 0 Å². The third-order valence-corrected chi connectivity index (χ3v) is 4.98. The van der Waals surface area contributed by atoms with Crippen molar-refractivity contribution in [2.75, 3.05) is 13.1 Å². The van der Waals surface area contributed by atoms with Crippen molar-refractivity contribution in [3.8, 4) is 0 Å².